The van der Waals surface area contributed by atoms with Gasteiger partial charge in [0.05, 0.1) is 11.3 Å². The number of nitrogens with zero attached hydrogens (tertiary/aromatic N) is 1. The average molecular weight is 293 g/mol. The second kappa shape index (κ2) is 7.34. The van der Waals surface area contributed by atoms with Crippen LogP contribution in [0.25, 0.3) is 11.1 Å². The maximum atomic E-state index is 6.04. The summed E-state index contributed by atoms with van der Waals surface area (Å²) in [7, 11) is 0. The van der Waals surface area contributed by atoms with Gasteiger partial charge in [-0.3, -0.25) is 0 Å². The van der Waals surface area contributed by atoms with E-state index in [-0.39, 0.29) is 0 Å². The summed E-state index contributed by atoms with van der Waals surface area (Å²) < 4.78 is 5.15. The molecule has 0 saturated carbocycles. The quantitative estimate of drug-likeness (QED) is 0.723. The molecule has 1 aromatic carbocycles. The van der Waals surface area contributed by atoms with E-state index in [1.807, 2.05) is 24.3 Å². The smallest absolute Gasteiger partial charge is 0.230 e. The number of hydrogen-bond acceptors (Lipinski definition) is 3. The van der Waals surface area contributed by atoms with Gasteiger partial charge in [-0.2, -0.15) is 0 Å². The first-order valence-electron chi connectivity index (χ1n) is 7.22. The first kappa shape index (κ1) is 14.9. The molecule has 1 aromatic heterocycles. The predicted octanol–water partition coefficient (Wildman–Crippen LogP) is 5.09. The van der Waals surface area contributed by atoms with E-state index in [4.69, 9.17) is 21.9 Å². The Bertz CT molecular complexity index is 551. The molecule has 20 heavy (non-hydrogen) atoms. The molecule has 108 valence electrons. The van der Waals surface area contributed by atoms with Crippen molar-refractivity contribution in [2.24, 2.45) is 0 Å². The van der Waals surface area contributed by atoms with Crippen molar-refractivity contribution >= 4 is 17.5 Å². The highest BCUT2D eigenvalue weighted by molar-refractivity contribution is 6.30. The second-order valence-electron chi connectivity index (χ2n) is 5.04. The zero-order valence-corrected chi connectivity index (χ0v) is 12.6. The highest BCUT2D eigenvalue weighted by Gasteiger charge is 2.15. The van der Waals surface area contributed by atoms with Crippen LogP contribution in [0.15, 0.2) is 28.8 Å². The molecule has 0 bridgehead atoms. The van der Waals surface area contributed by atoms with Crippen molar-refractivity contribution in [3.05, 3.63) is 35.0 Å². The zero-order chi connectivity index (χ0) is 14.4. The summed E-state index contributed by atoms with van der Waals surface area (Å²) in [5.41, 5.74) is 8.70. The fourth-order valence-electron chi connectivity index (χ4n) is 2.36. The number of benzene rings is 1. The molecule has 0 radical (unpaired) electrons. The molecule has 2 rings (SSSR count). The van der Waals surface area contributed by atoms with Crippen LogP contribution in [0.2, 0.25) is 5.02 Å². The third kappa shape index (κ3) is 3.76. The average Bonchev–Trinajstić information content (AvgIpc) is 2.80. The summed E-state index contributed by atoms with van der Waals surface area (Å²) in [5, 5.41) is 4.79. The highest BCUT2D eigenvalue weighted by Crippen LogP contribution is 2.32. The summed E-state index contributed by atoms with van der Waals surface area (Å²) >= 11 is 6.04. The Morgan fingerprint density at radius 2 is 2.00 bits per heavy atom. The van der Waals surface area contributed by atoms with Crippen molar-refractivity contribution in [2.45, 2.75) is 45.4 Å². The van der Waals surface area contributed by atoms with E-state index in [1.54, 1.807) is 0 Å². The van der Waals surface area contributed by atoms with Crippen LogP contribution in [0.5, 0.6) is 0 Å². The Hall–Kier alpha value is -1.48. The van der Waals surface area contributed by atoms with Crippen LogP contribution in [0.4, 0.5) is 5.88 Å². The van der Waals surface area contributed by atoms with E-state index < -0.39 is 0 Å². The molecule has 4 heteroatoms. The molecule has 0 fully saturated rings. The van der Waals surface area contributed by atoms with Gasteiger partial charge in [0.1, 0.15) is 0 Å². The lowest BCUT2D eigenvalue weighted by atomic mass is 10.0. The van der Waals surface area contributed by atoms with Gasteiger partial charge < -0.3 is 10.3 Å². The Morgan fingerprint density at radius 1 is 1.20 bits per heavy atom. The number of halogens is 1. The van der Waals surface area contributed by atoms with Gasteiger partial charge >= 0.3 is 0 Å². The third-order valence-corrected chi connectivity index (χ3v) is 3.65. The SMILES string of the molecule is CCCCCCCc1noc(N)c1-c1cccc(Cl)c1. The molecule has 2 N–H and O–H groups in total. The number of hydrogen-bond donors (Lipinski definition) is 1. The molecular formula is C16H21ClN2O. The third-order valence-electron chi connectivity index (χ3n) is 3.42. The summed E-state index contributed by atoms with van der Waals surface area (Å²) in [6.45, 7) is 2.22. The van der Waals surface area contributed by atoms with Crippen LogP contribution in [0.3, 0.4) is 0 Å². The standard InChI is InChI=1S/C16H21ClN2O/c1-2-3-4-5-6-10-14-15(16(18)20-19-14)12-8-7-9-13(17)11-12/h7-9,11H,2-6,10,18H2,1H3. The topological polar surface area (TPSA) is 52.0 Å². The van der Waals surface area contributed by atoms with Crippen LogP contribution in [-0.4, -0.2) is 5.16 Å². The van der Waals surface area contributed by atoms with E-state index in [1.165, 1.54) is 25.7 Å². The summed E-state index contributed by atoms with van der Waals surface area (Å²) in [6, 6.07) is 7.63. The van der Waals surface area contributed by atoms with E-state index in [9.17, 15) is 0 Å². The number of unbranched alkanes of at least 4 members (excludes halogenated alkanes) is 4. The van der Waals surface area contributed by atoms with Crippen LogP contribution in [0, 0.1) is 0 Å². The van der Waals surface area contributed by atoms with Crippen molar-refractivity contribution in [3.8, 4) is 11.1 Å². The van der Waals surface area contributed by atoms with Crippen LogP contribution in [0.1, 0.15) is 44.7 Å². The van der Waals surface area contributed by atoms with Gasteiger partial charge in [-0.25, -0.2) is 0 Å². The summed E-state index contributed by atoms with van der Waals surface area (Å²) in [5.74, 6) is 0.371. The van der Waals surface area contributed by atoms with Crippen molar-refractivity contribution in [1.29, 1.82) is 0 Å². The number of aromatic nitrogens is 1. The normalized spacial score (nSPS) is 10.9. The monoisotopic (exact) mass is 292 g/mol. The van der Waals surface area contributed by atoms with Gasteiger partial charge in [-0.15, -0.1) is 0 Å². The second-order valence-corrected chi connectivity index (χ2v) is 5.48. The zero-order valence-electron chi connectivity index (χ0n) is 11.9. The van der Waals surface area contributed by atoms with Gasteiger partial charge in [-0.05, 0) is 30.5 Å². The van der Waals surface area contributed by atoms with E-state index in [0.717, 1.165) is 29.7 Å². The largest absolute Gasteiger partial charge is 0.367 e. The number of rotatable bonds is 7. The summed E-state index contributed by atoms with van der Waals surface area (Å²) in [4.78, 5) is 0. The van der Waals surface area contributed by atoms with Crippen molar-refractivity contribution in [3.63, 3.8) is 0 Å². The van der Waals surface area contributed by atoms with Crippen molar-refractivity contribution in [1.82, 2.24) is 5.16 Å². The Morgan fingerprint density at radius 3 is 2.75 bits per heavy atom. The Balaban J connectivity index is 2.08. The molecular weight excluding hydrogens is 272 g/mol. The predicted molar refractivity (Wildman–Crippen MR) is 83.8 cm³/mol. The van der Waals surface area contributed by atoms with Gasteiger partial charge in [-0.1, -0.05) is 61.5 Å². The van der Waals surface area contributed by atoms with Crippen LogP contribution in [-0.2, 0) is 6.42 Å². The van der Waals surface area contributed by atoms with Gasteiger partial charge in [0, 0.05) is 5.02 Å². The van der Waals surface area contributed by atoms with E-state index in [2.05, 4.69) is 12.1 Å². The minimum Gasteiger partial charge on any atom is -0.367 e. The number of nitrogen functional groups attached to an aromatic ring is 1. The lowest BCUT2D eigenvalue weighted by molar-refractivity contribution is 0.426. The molecule has 0 aliphatic carbocycles. The molecule has 1 heterocycles. The molecule has 0 amide bonds. The first-order valence-corrected chi connectivity index (χ1v) is 7.60. The van der Waals surface area contributed by atoms with E-state index in [0.29, 0.717) is 10.9 Å². The maximum Gasteiger partial charge on any atom is 0.230 e. The number of anilines is 1. The first-order chi connectivity index (χ1) is 9.72. The van der Waals surface area contributed by atoms with Gasteiger partial charge in [0.2, 0.25) is 5.88 Å². The molecule has 2 aromatic rings. The van der Waals surface area contributed by atoms with Crippen molar-refractivity contribution in [2.75, 3.05) is 5.73 Å². The molecule has 3 nitrogen and oxygen atoms in total. The molecule has 0 aliphatic rings. The number of nitrogens with two attached hydrogens (primary N) is 1. The van der Waals surface area contributed by atoms with Gasteiger partial charge in [0.15, 0.2) is 0 Å². The van der Waals surface area contributed by atoms with Crippen molar-refractivity contribution < 1.29 is 4.52 Å². The molecule has 0 unspecified atom stereocenters. The molecule has 0 atom stereocenters. The fraction of sp³-hybridized carbons (Fsp3) is 0.438. The lowest BCUT2D eigenvalue weighted by Gasteiger charge is -2.03. The minimum atomic E-state index is 0.371. The minimum absolute atomic E-state index is 0.371. The maximum absolute atomic E-state index is 6.04. The molecule has 0 spiro atoms. The fourth-order valence-corrected chi connectivity index (χ4v) is 2.55. The Kier molecular flexibility index (Phi) is 5.48. The van der Waals surface area contributed by atoms with Crippen LogP contribution < -0.4 is 5.73 Å². The van der Waals surface area contributed by atoms with E-state index >= 15 is 0 Å². The summed E-state index contributed by atoms with van der Waals surface area (Å²) in [6.07, 6.45) is 7.05. The molecule has 0 aliphatic heterocycles. The van der Waals surface area contributed by atoms with Gasteiger partial charge in [0.25, 0.3) is 0 Å². The molecule has 0 saturated heterocycles. The highest BCUT2D eigenvalue weighted by atomic mass is 35.5. The number of aryl methyl sites for hydroxylation is 1. The lowest BCUT2D eigenvalue weighted by Crippen LogP contribution is -1.92. The van der Waals surface area contributed by atoms with Crippen LogP contribution >= 0.6 is 11.6 Å². The Labute approximate surface area is 125 Å².